The number of hydrogen-bond acceptors (Lipinski definition) is 2. The molecule has 118 valence electrons. The SMILES string of the molecule is O=S1(=O)CCC(C(CBr)(CBr)Cc2ccc(Cl)c(F)c2)C1. The van der Waals surface area contributed by atoms with Crippen LogP contribution in [-0.2, 0) is 16.3 Å². The number of alkyl halides is 2. The second-order valence-corrected chi connectivity index (χ2v) is 9.41. The van der Waals surface area contributed by atoms with Gasteiger partial charge in [0.25, 0.3) is 0 Å². The van der Waals surface area contributed by atoms with Crippen LogP contribution in [0.5, 0.6) is 0 Å². The summed E-state index contributed by atoms with van der Waals surface area (Å²) in [6.07, 6.45) is 1.27. The number of sulfone groups is 1. The van der Waals surface area contributed by atoms with Gasteiger partial charge in [-0.1, -0.05) is 49.5 Å². The summed E-state index contributed by atoms with van der Waals surface area (Å²) in [6, 6.07) is 4.78. The smallest absolute Gasteiger partial charge is 0.150 e. The molecule has 21 heavy (non-hydrogen) atoms. The molecule has 0 aliphatic carbocycles. The lowest BCUT2D eigenvalue weighted by molar-refractivity contribution is 0.253. The van der Waals surface area contributed by atoms with E-state index in [0.717, 1.165) is 5.56 Å². The highest BCUT2D eigenvalue weighted by Gasteiger charge is 2.43. The fourth-order valence-electron chi connectivity index (χ4n) is 2.83. The maximum Gasteiger partial charge on any atom is 0.150 e. The minimum atomic E-state index is -2.94. The molecule has 0 saturated carbocycles. The van der Waals surface area contributed by atoms with Crippen LogP contribution in [0.25, 0.3) is 0 Å². The van der Waals surface area contributed by atoms with Gasteiger partial charge in [-0.05, 0) is 41.9 Å². The van der Waals surface area contributed by atoms with E-state index in [-0.39, 0.29) is 27.9 Å². The fourth-order valence-corrected chi connectivity index (χ4v) is 7.13. The molecule has 1 aliphatic heterocycles. The predicted octanol–water partition coefficient (Wildman–Crippen LogP) is 4.23. The van der Waals surface area contributed by atoms with E-state index in [2.05, 4.69) is 31.9 Å². The van der Waals surface area contributed by atoms with E-state index in [1.54, 1.807) is 12.1 Å². The average Bonchev–Trinajstić information content (AvgIpc) is 2.81. The van der Waals surface area contributed by atoms with Crippen molar-refractivity contribution in [1.29, 1.82) is 0 Å². The normalized spacial score (nSPS) is 21.6. The molecule has 1 fully saturated rings. The molecule has 0 spiro atoms. The van der Waals surface area contributed by atoms with Gasteiger partial charge >= 0.3 is 0 Å². The van der Waals surface area contributed by atoms with Crippen molar-refractivity contribution >= 4 is 53.3 Å². The Balaban J connectivity index is 2.27. The molecule has 1 atom stereocenters. The van der Waals surface area contributed by atoms with E-state index < -0.39 is 15.7 Å². The Labute approximate surface area is 146 Å². The van der Waals surface area contributed by atoms with Gasteiger partial charge < -0.3 is 0 Å². The van der Waals surface area contributed by atoms with Gasteiger partial charge in [0, 0.05) is 10.7 Å². The average molecular weight is 463 g/mol. The van der Waals surface area contributed by atoms with Gasteiger partial charge in [-0.15, -0.1) is 0 Å². The fraction of sp³-hybridized carbons (Fsp3) is 0.571. The Bertz CT molecular complexity index is 617. The second kappa shape index (κ2) is 6.85. The molecule has 7 heteroatoms. The van der Waals surface area contributed by atoms with Crippen molar-refractivity contribution in [2.45, 2.75) is 12.8 Å². The van der Waals surface area contributed by atoms with Crippen LogP contribution in [0.4, 0.5) is 4.39 Å². The summed E-state index contributed by atoms with van der Waals surface area (Å²) in [4.78, 5) is 0. The molecule has 2 nitrogen and oxygen atoms in total. The first kappa shape index (κ1) is 17.7. The molecule has 0 N–H and O–H groups in total. The van der Waals surface area contributed by atoms with Crippen molar-refractivity contribution in [3.63, 3.8) is 0 Å². The molecule has 1 aromatic carbocycles. The van der Waals surface area contributed by atoms with E-state index in [9.17, 15) is 12.8 Å². The van der Waals surface area contributed by atoms with E-state index in [4.69, 9.17) is 11.6 Å². The number of hydrogen-bond donors (Lipinski definition) is 0. The molecular formula is C14H16Br2ClFO2S. The molecule has 1 heterocycles. The van der Waals surface area contributed by atoms with Gasteiger partial charge in [-0.2, -0.15) is 0 Å². The van der Waals surface area contributed by atoms with Crippen LogP contribution in [-0.4, -0.2) is 30.6 Å². The summed E-state index contributed by atoms with van der Waals surface area (Å²) in [5, 5.41) is 1.43. The molecule has 0 radical (unpaired) electrons. The van der Waals surface area contributed by atoms with Gasteiger partial charge in [0.05, 0.1) is 16.5 Å². The van der Waals surface area contributed by atoms with E-state index in [0.29, 0.717) is 23.5 Å². The molecule has 2 rings (SSSR count). The molecule has 1 aliphatic rings. The number of benzene rings is 1. The summed E-state index contributed by atoms with van der Waals surface area (Å²) < 4.78 is 37.1. The molecular weight excluding hydrogens is 446 g/mol. The topological polar surface area (TPSA) is 34.1 Å². The first-order valence-electron chi connectivity index (χ1n) is 6.58. The minimum Gasteiger partial charge on any atom is -0.229 e. The van der Waals surface area contributed by atoms with Crippen LogP contribution in [0.1, 0.15) is 12.0 Å². The summed E-state index contributed by atoms with van der Waals surface area (Å²) in [5.41, 5.74) is 0.587. The molecule has 1 unspecified atom stereocenters. The Morgan fingerprint density at radius 2 is 2.00 bits per heavy atom. The van der Waals surface area contributed by atoms with Crippen molar-refractivity contribution in [2.75, 3.05) is 22.2 Å². The molecule has 1 saturated heterocycles. The van der Waals surface area contributed by atoms with Crippen LogP contribution in [0.15, 0.2) is 18.2 Å². The molecule has 0 amide bonds. The first-order valence-corrected chi connectivity index (χ1v) is 11.0. The first-order chi connectivity index (χ1) is 9.82. The van der Waals surface area contributed by atoms with Crippen LogP contribution in [0.2, 0.25) is 5.02 Å². The van der Waals surface area contributed by atoms with Gasteiger partial charge in [0.2, 0.25) is 0 Å². The lowest BCUT2D eigenvalue weighted by Gasteiger charge is -2.36. The van der Waals surface area contributed by atoms with Crippen molar-refractivity contribution < 1.29 is 12.8 Å². The zero-order valence-electron chi connectivity index (χ0n) is 11.3. The highest BCUT2D eigenvalue weighted by atomic mass is 79.9. The zero-order chi connectivity index (χ0) is 15.7. The van der Waals surface area contributed by atoms with Crippen LogP contribution < -0.4 is 0 Å². The molecule has 1 aromatic rings. The highest BCUT2D eigenvalue weighted by Crippen LogP contribution is 2.42. The molecule has 0 bridgehead atoms. The second-order valence-electron chi connectivity index (χ2n) is 5.65. The maximum atomic E-state index is 13.6. The quantitative estimate of drug-likeness (QED) is 0.614. The Kier molecular flexibility index (Phi) is 5.77. The minimum absolute atomic E-state index is 0.0694. The van der Waals surface area contributed by atoms with Crippen molar-refractivity contribution in [3.8, 4) is 0 Å². The van der Waals surface area contributed by atoms with E-state index >= 15 is 0 Å². The van der Waals surface area contributed by atoms with Gasteiger partial charge in [0.1, 0.15) is 5.82 Å². The third kappa shape index (κ3) is 4.01. The standard InChI is InChI=1S/C14H16Br2ClFO2S/c15-8-14(9-16,11-3-4-21(19,20)7-11)6-10-1-2-12(17)13(18)5-10/h1-2,5,11H,3-4,6-9H2. The van der Waals surface area contributed by atoms with Gasteiger partial charge in [-0.3, -0.25) is 0 Å². The summed E-state index contributed by atoms with van der Waals surface area (Å²) in [6.45, 7) is 0. The van der Waals surface area contributed by atoms with Gasteiger partial charge in [-0.25, -0.2) is 12.8 Å². The molecule has 0 aromatic heterocycles. The Morgan fingerprint density at radius 3 is 2.48 bits per heavy atom. The Morgan fingerprint density at radius 1 is 1.33 bits per heavy atom. The number of halogens is 4. The van der Waals surface area contributed by atoms with Crippen LogP contribution in [0, 0.1) is 17.2 Å². The summed E-state index contributed by atoms with van der Waals surface area (Å²) >= 11 is 12.8. The number of rotatable bonds is 5. The van der Waals surface area contributed by atoms with E-state index in [1.165, 1.54) is 6.07 Å². The maximum absolute atomic E-state index is 13.6. The van der Waals surface area contributed by atoms with Crippen LogP contribution >= 0.6 is 43.5 Å². The van der Waals surface area contributed by atoms with Gasteiger partial charge in [0.15, 0.2) is 9.84 Å². The van der Waals surface area contributed by atoms with Crippen molar-refractivity contribution in [1.82, 2.24) is 0 Å². The highest BCUT2D eigenvalue weighted by molar-refractivity contribution is 9.09. The lowest BCUT2D eigenvalue weighted by atomic mass is 9.74. The van der Waals surface area contributed by atoms with Crippen molar-refractivity contribution in [2.24, 2.45) is 11.3 Å². The Hall–Kier alpha value is 0.350. The summed E-state index contributed by atoms with van der Waals surface area (Å²) in [7, 11) is -2.94. The third-order valence-electron chi connectivity index (χ3n) is 4.17. The lowest BCUT2D eigenvalue weighted by Crippen LogP contribution is -2.37. The zero-order valence-corrected chi connectivity index (χ0v) is 16.0. The van der Waals surface area contributed by atoms with Crippen molar-refractivity contribution in [3.05, 3.63) is 34.6 Å². The summed E-state index contributed by atoms with van der Waals surface area (Å²) in [5.74, 6) is 0.0838. The largest absolute Gasteiger partial charge is 0.229 e. The van der Waals surface area contributed by atoms with E-state index in [1.807, 2.05) is 0 Å². The third-order valence-corrected chi connectivity index (χ3v) is 8.48. The predicted molar refractivity (Wildman–Crippen MR) is 91.9 cm³/mol. The monoisotopic (exact) mass is 460 g/mol. The van der Waals surface area contributed by atoms with Crippen LogP contribution in [0.3, 0.4) is 0 Å².